The van der Waals surface area contributed by atoms with Crippen LogP contribution in [0.5, 0.6) is 0 Å². The van der Waals surface area contributed by atoms with Crippen LogP contribution in [0.2, 0.25) is 0 Å². The van der Waals surface area contributed by atoms with E-state index in [4.69, 9.17) is 0 Å². The van der Waals surface area contributed by atoms with E-state index in [1.807, 2.05) is 0 Å². The minimum atomic E-state index is -0.570. The van der Waals surface area contributed by atoms with E-state index in [2.05, 4.69) is 19.2 Å². The first-order valence-corrected chi connectivity index (χ1v) is 5.80. The standard InChI is InChI=1S/C13H20FNO/c1-3-4-10(2)15-9-13(16)11-5-7-12(14)8-6-11/h5-8,10,13,15-16H,3-4,9H2,1-2H3/t10-,13+/m1/s1. The summed E-state index contributed by atoms with van der Waals surface area (Å²) in [6.07, 6.45) is 1.65. The van der Waals surface area contributed by atoms with E-state index >= 15 is 0 Å². The van der Waals surface area contributed by atoms with E-state index < -0.39 is 6.10 Å². The van der Waals surface area contributed by atoms with Crippen molar-refractivity contribution < 1.29 is 9.50 Å². The summed E-state index contributed by atoms with van der Waals surface area (Å²) >= 11 is 0. The van der Waals surface area contributed by atoms with Gasteiger partial charge in [0.05, 0.1) is 6.10 Å². The normalized spacial score (nSPS) is 14.8. The van der Waals surface area contributed by atoms with Crippen molar-refractivity contribution in [2.45, 2.75) is 38.8 Å². The lowest BCUT2D eigenvalue weighted by atomic mass is 10.1. The van der Waals surface area contributed by atoms with Gasteiger partial charge in [-0.15, -0.1) is 0 Å². The highest BCUT2D eigenvalue weighted by Crippen LogP contribution is 2.12. The zero-order valence-corrected chi connectivity index (χ0v) is 9.91. The summed E-state index contributed by atoms with van der Waals surface area (Å²) in [4.78, 5) is 0. The molecule has 0 bridgehead atoms. The number of aliphatic hydroxyl groups is 1. The molecule has 0 aliphatic carbocycles. The number of benzene rings is 1. The Labute approximate surface area is 96.5 Å². The Morgan fingerprint density at radius 1 is 1.31 bits per heavy atom. The molecule has 0 unspecified atom stereocenters. The van der Waals surface area contributed by atoms with Crippen LogP contribution in [0.25, 0.3) is 0 Å². The molecular weight excluding hydrogens is 205 g/mol. The predicted molar refractivity (Wildman–Crippen MR) is 63.7 cm³/mol. The minimum Gasteiger partial charge on any atom is -0.387 e. The number of halogens is 1. The second-order valence-corrected chi connectivity index (χ2v) is 4.17. The molecule has 0 aliphatic rings. The average Bonchev–Trinajstić information content (AvgIpc) is 2.27. The van der Waals surface area contributed by atoms with Crippen molar-refractivity contribution in [3.05, 3.63) is 35.6 Å². The van der Waals surface area contributed by atoms with Crippen molar-refractivity contribution in [2.75, 3.05) is 6.54 Å². The quantitative estimate of drug-likeness (QED) is 0.780. The molecule has 1 aromatic carbocycles. The first kappa shape index (κ1) is 13.1. The lowest BCUT2D eigenvalue weighted by molar-refractivity contribution is 0.170. The molecule has 0 heterocycles. The van der Waals surface area contributed by atoms with Gasteiger partial charge >= 0.3 is 0 Å². The summed E-state index contributed by atoms with van der Waals surface area (Å²) in [5.41, 5.74) is 0.748. The fourth-order valence-corrected chi connectivity index (χ4v) is 1.65. The molecule has 0 aromatic heterocycles. The smallest absolute Gasteiger partial charge is 0.123 e. The Hall–Kier alpha value is -0.930. The van der Waals surface area contributed by atoms with Crippen LogP contribution >= 0.6 is 0 Å². The maximum atomic E-state index is 12.7. The van der Waals surface area contributed by atoms with Crippen LogP contribution in [0.1, 0.15) is 38.4 Å². The van der Waals surface area contributed by atoms with E-state index in [1.165, 1.54) is 12.1 Å². The SMILES string of the molecule is CCC[C@@H](C)NC[C@H](O)c1ccc(F)cc1. The highest BCUT2D eigenvalue weighted by atomic mass is 19.1. The van der Waals surface area contributed by atoms with Gasteiger partial charge in [0.2, 0.25) is 0 Å². The molecule has 16 heavy (non-hydrogen) atoms. The van der Waals surface area contributed by atoms with Crippen LogP contribution in [0.15, 0.2) is 24.3 Å². The molecule has 2 nitrogen and oxygen atoms in total. The van der Waals surface area contributed by atoms with Gasteiger partial charge in [-0.05, 0) is 31.0 Å². The molecule has 1 rings (SSSR count). The summed E-state index contributed by atoms with van der Waals surface area (Å²) in [6.45, 7) is 4.74. The summed E-state index contributed by atoms with van der Waals surface area (Å²) in [5, 5.41) is 13.1. The Bertz CT molecular complexity index is 299. The lowest BCUT2D eigenvalue weighted by Crippen LogP contribution is -2.30. The Morgan fingerprint density at radius 2 is 1.94 bits per heavy atom. The Morgan fingerprint density at radius 3 is 2.50 bits per heavy atom. The molecule has 0 saturated heterocycles. The van der Waals surface area contributed by atoms with Gasteiger partial charge < -0.3 is 10.4 Å². The summed E-state index contributed by atoms with van der Waals surface area (Å²) in [6, 6.07) is 6.38. The molecule has 0 radical (unpaired) electrons. The first-order chi connectivity index (χ1) is 7.63. The van der Waals surface area contributed by atoms with Crippen LogP contribution in [0.4, 0.5) is 4.39 Å². The molecule has 3 heteroatoms. The molecule has 0 amide bonds. The molecule has 2 N–H and O–H groups in total. The van der Waals surface area contributed by atoms with Crippen molar-refractivity contribution in [1.82, 2.24) is 5.32 Å². The third-order valence-corrected chi connectivity index (χ3v) is 2.64. The first-order valence-electron chi connectivity index (χ1n) is 5.80. The van der Waals surface area contributed by atoms with Gasteiger partial charge in [0, 0.05) is 12.6 Å². The molecule has 0 fully saturated rings. The molecule has 0 aliphatic heterocycles. The third-order valence-electron chi connectivity index (χ3n) is 2.64. The predicted octanol–water partition coefficient (Wildman–Crippen LogP) is 2.64. The fourth-order valence-electron chi connectivity index (χ4n) is 1.65. The van der Waals surface area contributed by atoms with Crippen molar-refractivity contribution in [3.8, 4) is 0 Å². The monoisotopic (exact) mass is 225 g/mol. The van der Waals surface area contributed by atoms with Crippen LogP contribution in [0.3, 0.4) is 0 Å². The fraction of sp³-hybridized carbons (Fsp3) is 0.538. The van der Waals surface area contributed by atoms with E-state index in [0.717, 1.165) is 18.4 Å². The van der Waals surface area contributed by atoms with Crippen LogP contribution in [-0.2, 0) is 0 Å². The topological polar surface area (TPSA) is 32.3 Å². The zero-order valence-electron chi connectivity index (χ0n) is 9.91. The number of rotatable bonds is 6. The number of hydrogen-bond acceptors (Lipinski definition) is 2. The van der Waals surface area contributed by atoms with Crippen molar-refractivity contribution in [1.29, 1.82) is 0 Å². The second kappa shape index (κ2) is 6.61. The molecule has 90 valence electrons. The molecule has 2 atom stereocenters. The average molecular weight is 225 g/mol. The van der Waals surface area contributed by atoms with Gasteiger partial charge in [0.1, 0.15) is 5.82 Å². The number of aliphatic hydroxyl groups excluding tert-OH is 1. The van der Waals surface area contributed by atoms with Crippen molar-refractivity contribution in [3.63, 3.8) is 0 Å². The van der Waals surface area contributed by atoms with E-state index in [9.17, 15) is 9.50 Å². The van der Waals surface area contributed by atoms with E-state index in [1.54, 1.807) is 12.1 Å². The molecule has 0 saturated carbocycles. The Kier molecular flexibility index (Phi) is 5.43. The van der Waals surface area contributed by atoms with Crippen LogP contribution < -0.4 is 5.32 Å². The molecule has 0 spiro atoms. The highest BCUT2D eigenvalue weighted by molar-refractivity contribution is 5.18. The molecule has 1 aromatic rings. The maximum absolute atomic E-state index is 12.7. The van der Waals surface area contributed by atoms with Gasteiger partial charge in [-0.2, -0.15) is 0 Å². The zero-order chi connectivity index (χ0) is 12.0. The minimum absolute atomic E-state index is 0.275. The second-order valence-electron chi connectivity index (χ2n) is 4.17. The number of nitrogens with one attached hydrogen (secondary N) is 1. The Balaban J connectivity index is 2.40. The summed E-state index contributed by atoms with van der Waals surface area (Å²) in [5.74, 6) is -0.275. The number of hydrogen-bond donors (Lipinski definition) is 2. The van der Waals surface area contributed by atoms with E-state index in [0.29, 0.717) is 12.6 Å². The van der Waals surface area contributed by atoms with Crippen LogP contribution in [-0.4, -0.2) is 17.7 Å². The van der Waals surface area contributed by atoms with Crippen LogP contribution in [0, 0.1) is 5.82 Å². The molecular formula is C13H20FNO. The largest absolute Gasteiger partial charge is 0.387 e. The van der Waals surface area contributed by atoms with E-state index in [-0.39, 0.29) is 5.82 Å². The van der Waals surface area contributed by atoms with Gasteiger partial charge in [-0.1, -0.05) is 25.5 Å². The maximum Gasteiger partial charge on any atom is 0.123 e. The van der Waals surface area contributed by atoms with Crippen molar-refractivity contribution >= 4 is 0 Å². The van der Waals surface area contributed by atoms with Crippen molar-refractivity contribution in [2.24, 2.45) is 0 Å². The summed E-state index contributed by atoms with van der Waals surface area (Å²) in [7, 11) is 0. The third kappa shape index (κ3) is 4.29. The highest BCUT2D eigenvalue weighted by Gasteiger charge is 2.08. The van der Waals surface area contributed by atoms with Gasteiger partial charge in [0.25, 0.3) is 0 Å². The lowest BCUT2D eigenvalue weighted by Gasteiger charge is -2.16. The summed E-state index contributed by atoms with van der Waals surface area (Å²) < 4.78 is 12.7. The van der Waals surface area contributed by atoms with Gasteiger partial charge in [0.15, 0.2) is 0 Å². The van der Waals surface area contributed by atoms with Gasteiger partial charge in [-0.25, -0.2) is 4.39 Å². The van der Waals surface area contributed by atoms with Gasteiger partial charge in [-0.3, -0.25) is 0 Å².